The fourth-order valence-electron chi connectivity index (χ4n) is 19.0. The summed E-state index contributed by atoms with van der Waals surface area (Å²) in [5, 5.41) is 26.4. The van der Waals surface area contributed by atoms with Crippen molar-refractivity contribution in [2.75, 3.05) is 149 Å². The van der Waals surface area contributed by atoms with E-state index in [1.165, 1.54) is 83.7 Å². The Labute approximate surface area is 820 Å². The van der Waals surface area contributed by atoms with Crippen molar-refractivity contribution in [3.05, 3.63) is 218 Å². The number of aliphatic hydroxyl groups excluding tert-OH is 1. The highest BCUT2D eigenvalue weighted by atomic mass is 79.9. The van der Waals surface area contributed by atoms with Crippen LogP contribution in [0.3, 0.4) is 0 Å². The first kappa shape index (κ1) is 96.1. The van der Waals surface area contributed by atoms with Gasteiger partial charge in [-0.05, 0) is 238 Å². The second-order valence-corrected chi connectivity index (χ2v) is 38.1. The smallest absolute Gasteiger partial charge is 0.124 e. The van der Waals surface area contributed by atoms with E-state index in [-0.39, 0.29) is 12.2 Å². The summed E-state index contributed by atoms with van der Waals surface area (Å²) in [4.78, 5) is 50.2. The molecule has 2 saturated heterocycles. The van der Waals surface area contributed by atoms with E-state index in [1.54, 1.807) is 73.0 Å². The number of likely N-dealkylation sites (tertiary alicyclic amines) is 1. The molecule has 31 heteroatoms. The molecule has 2 atom stereocenters. The third kappa shape index (κ3) is 24.2. The molecule has 7 aromatic heterocycles. The Balaban J connectivity index is 0.000000123. The summed E-state index contributed by atoms with van der Waals surface area (Å²) in [6.07, 6.45) is 37.0. The Bertz CT molecular complexity index is 6630. The van der Waals surface area contributed by atoms with E-state index in [2.05, 4.69) is 157 Å². The molecule has 9 heterocycles. The summed E-state index contributed by atoms with van der Waals surface area (Å²) >= 11 is 3.62. The summed E-state index contributed by atoms with van der Waals surface area (Å²) in [6.45, 7) is 11.1. The SMILES string of the molecule is COc1cc(Br)cc(N(CC2CC2)c2ccc3ncc(-c4cnn(C)c4)nc3c2)c1.COc1cc(OC)cc(N(CC2CC2)c2ccc3ncc(-c4cnn(CCN5CCCC5)c4)nc3c2)c1.COc1cc(OC)cc(N(CC2CC2)c2ccc3ncc(C4CCC(CC5(OC)CCNCC5)C4)nc3c2)c1.COc1cc(OC)cc(N(CCO)c2ccc3ncc(-c4cnn(CCCN)c4)nc3c2)c1. The van der Waals surface area contributed by atoms with Gasteiger partial charge in [-0.2, -0.15) is 15.3 Å². The van der Waals surface area contributed by atoms with Crippen LogP contribution in [-0.2, 0) is 24.9 Å². The molecule has 4 saturated carbocycles. The number of hydrogen-bond donors (Lipinski definition) is 3. The zero-order chi connectivity index (χ0) is 95.9. The van der Waals surface area contributed by atoms with Crippen molar-refractivity contribution in [3.8, 4) is 74.0 Å². The number of nitrogens with two attached hydrogens (primary N) is 1. The number of rotatable bonds is 36. The highest BCUT2D eigenvalue weighted by Crippen LogP contribution is 2.47. The van der Waals surface area contributed by atoms with Crippen LogP contribution < -0.4 is 63.8 Å². The topological polar surface area (TPSA) is 305 Å². The van der Waals surface area contributed by atoms with Crippen LogP contribution in [0.25, 0.3) is 77.9 Å². The number of hydrogen-bond acceptors (Lipinski definition) is 27. The number of methoxy groups -OCH3 is 8. The van der Waals surface area contributed by atoms with Gasteiger partial charge in [0.05, 0.1) is 173 Å². The average Bonchev–Trinajstić information content (AvgIpc) is 1.42. The molecule has 6 aliphatic rings. The second kappa shape index (κ2) is 44.7. The molecule has 0 spiro atoms. The summed E-state index contributed by atoms with van der Waals surface area (Å²) in [5.74, 6) is 8.59. The molecule has 724 valence electrons. The fraction of sp³-hybridized carbons (Fsp3) is 0.398. The molecule has 8 aromatic carbocycles. The van der Waals surface area contributed by atoms with Gasteiger partial charge in [0.2, 0.25) is 0 Å². The molecule has 30 nitrogen and oxygen atoms in total. The number of fused-ring (bicyclic) bond motifs is 4. The van der Waals surface area contributed by atoms with Gasteiger partial charge in [0.1, 0.15) is 40.2 Å². The zero-order valence-corrected chi connectivity index (χ0v) is 82.6. The quantitative estimate of drug-likeness (QED) is 0.0328. The Hall–Kier alpha value is -13.2. The van der Waals surface area contributed by atoms with Crippen molar-refractivity contribution in [2.24, 2.45) is 36.5 Å². The van der Waals surface area contributed by atoms with E-state index in [0.717, 1.165) is 246 Å². The van der Waals surface area contributed by atoms with Crippen LogP contribution in [0.15, 0.2) is 212 Å². The lowest BCUT2D eigenvalue weighted by Crippen LogP contribution is -2.44. The van der Waals surface area contributed by atoms with E-state index in [9.17, 15) is 5.11 Å². The molecule has 0 bridgehead atoms. The van der Waals surface area contributed by atoms with Crippen molar-refractivity contribution in [1.82, 2.24) is 79.4 Å². The first-order valence-corrected chi connectivity index (χ1v) is 49.3. The number of piperidine rings is 1. The maximum absolute atomic E-state index is 9.73. The van der Waals surface area contributed by atoms with E-state index in [0.29, 0.717) is 48.3 Å². The Morgan fingerprint density at radius 1 is 0.410 bits per heavy atom. The van der Waals surface area contributed by atoms with E-state index in [4.69, 9.17) is 73.5 Å². The van der Waals surface area contributed by atoms with Crippen molar-refractivity contribution in [1.29, 1.82) is 0 Å². The van der Waals surface area contributed by atoms with Crippen molar-refractivity contribution < 1.29 is 43.0 Å². The number of aryl methyl sites for hydroxylation is 2. The molecule has 6 fully saturated rings. The summed E-state index contributed by atoms with van der Waals surface area (Å²) in [7, 11) is 15.5. The first-order chi connectivity index (χ1) is 68.0. The molecule has 139 heavy (non-hydrogen) atoms. The minimum atomic E-state index is -0.0226. The minimum absolute atomic E-state index is 0.0226. The largest absolute Gasteiger partial charge is 0.497 e. The lowest BCUT2D eigenvalue weighted by atomic mass is 9.82. The number of nitrogens with zero attached hydrogens (tertiary/aromatic N) is 19. The van der Waals surface area contributed by atoms with Gasteiger partial charge >= 0.3 is 0 Å². The molecule has 21 rings (SSSR count). The minimum Gasteiger partial charge on any atom is -0.497 e. The molecule has 0 radical (unpaired) electrons. The number of anilines is 8. The third-order valence-corrected chi connectivity index (χ3v) is 27.8. The normalized spacial score (nSPS) is 16.1. The molecule has 2 aliphatic heterocycles. The Kier molecular flexibility index (Phi) is 30.9. The predicted octanol–water partition coefficient (Wildman–Crippen LogP) is 19.7. The molecular formula is C108H126BrN21O9. The number of aromatic nitrogens is 14. The average molecular weight is 1940 g/mol. The van der Waals surface area contributed by atoms with Gasteiger partial charge in [-0.3, -0.25) is 34.0 Å². The summed E-state index contributed by atoms with van der Waals surface area (Å²) in [5.41, 5.74) is 27.2. The van der Waals surface area contributed by atoms with Crippen molar-refractivity contribution >= 4 is 106 Å². The standard InChI is InChI=1S/C32H42N4O3.C29H34N6O2.C24H28N6O3.C23H22BrN5O/c1-37-27-15-26(16-28(18-27)38-2)36(21-22-4-5-22)25-8-9-29-30(17-25)35-31(20-34-29)24-7-6-23(14-24)19-32(39-3)10-12-33-13-11-32;1-36-25-13-24(14-26(16-25)37-2)35(19-21-5-6-21)23-7-8-27-28(15-23)32-29(18-30-27)22-17-31-34(20-22)12-11-33-9-3-4-10-33;1-32-20-10-19(11-21(13-20)33-2)30(8-9-31)18-4-5-22-23(12-18)28-24(15-26-22)17-14-27-29(16-17)7-3-6-25;1-28-14-16(11-26-28)23-12-25-21-6-5-18(10-22(21)27-23)29(13-15-3-4-15)19-7-17(24)8-20(9-19)30-2/h8-9,15-18,20,22-24,33H,4-7,10-14,19,21H2,1-3H3;7-8,13-18,20-21H,3-6,9-12,19H2,1-2H3;4-5,10-16,31H,3,6-9,25H2,1-2H3;5-12,14-15H,3-4,13H2,1-2H3. The number of ether oxygens (including phenoxy) is 8. The number of nitrogens with one attached hydrogen (secondary N) is 1. The van der Waals surface area contributed by atoms with Gasteiger partial charge in [0.15, 0.2) is 0 Å². The van der Waals surface area contributed by atoms with Crippen LogP contribution in [0.1, 0.15) is 108 Å². The molecule has 0 amide bonds. The van der Waals surface area contributed by atoms with Crippen LogP contribution >= 0.6 is 15.9 Å². The highest BCUT2D eigenvalue weighted by Gasteiger charge is 2.39. The van der Waals surface area contributed by atoms with E-state index in [1.807, 2.05) is 126 Å². The lowest BCUT2D eigenvalue weighted by Gasteiger charge is -2.38. The van der Waals surface area contributed by atoms with Crippen LogP contribution in [-0.4, -0.2) is 214 Å². The number of benzene rings is 8. The second-order valence-electron chi connectivity index (χ2n) is 37.1. The van der Waals surface area contributed by atoms with Crippen LogP contribution in [0.4, 0.5) is 45.5 Å². The van der Waals surface area contributed by atoms with Crippen LogP contribution in [0.5, 0.6) is 40.2 Å². The van der Waals surface area contributed by atoms with Gasteiger partial charge in [-0.25, -0.2) is 19.9 Å². The Morgan fingerprint density at radius 3 is 1.21 bits per heavy atom. The van der Waals surface area contributed by atoms with Gasteiger partial charge < -0.3 is 78.6 Å². The monoisotopic (exact) mass is 1940 g/mol. The van der Waals surface area contributed by atoms with Gasteiger partial charge in [-0.1, -0.05) is 15.9 Å². The van der Waals surface area contributed by atoms with Gasteiger partial charge in [-0.15, -0.1) is 0 Å². The molecule has 15 aromatic rings. The Morgan fingerprint density at radius 2 is 0.799 bits per heavy atom. The molecular weight excluding hydrogens is 1820 g/mol. The van der Waals surface area contributed by atoms with Gasteiger partial charge in [0.25, 0.3) is 0 Å². The predicted molar refractivity (Wildman–Crippen MR) is 551 cm³/mol. The van der Waals surface area contributed by atoms with E-state index >= 15 is 0 Å². The van der Waals surface area contributed by atoms with Crippen LogP contribution in [0.2, 0.25) is 0 Å². The van der Waals surface area contributed by atoms with Crippen LogP contribution in [0, 0.1) is 23.7 Å². The highest BCUT2D eigenvalue weighted by molar-refractivity contribution is 9.10. The maximum atomic E-state index is 9.73. The lowest BCUT2D eigenvalue weighted by molar-refractivity contribution is -0.0511. The summed E-state index contributed by atoms with van der Waals surface area (Å²) < 4.78 is 51.3. The molecule has 2 unspecified atom stereocenters. The van der Waals surface area contributed by atoms with Crippen molar-refractivity contribution in [3.63, 3.8) is 0 Å². The van der Waals surface area contributed by atoms with Crippen molar-refractivity contribution in [2.45, 2.75) is 121 Å². The van der Waals surface area contributed by atoms with E-state index < -0.39 is 0 Å². The number of halogens is 1. The molecule has 4 aliphatic carbocycles. The third-order valence-electron chi connectivity index (χ3n) is 27.3. The first-order valence-electron chi connectivity index (χ1n) is 48.5. The zero-order valence-electron chi connectivity index (χ0n) is 81.0. The summed E-state index contributed by atoms with van der Waals surface area (Å²) in [6, 6.07) is 48.9. The fourth-order valence-corrected chi connectivity index (χ4v) is 19.4. The molecule has 4 N–H and O–H groups in total. The van der Waals surface area contributed by atoms with Gasteiger partial charge in [0, 0.05) is 211 Å². The number of aliphatic hydroxyl groups is 1. The maximum Gasteiger partial charge on any atom is 0.124 e.